The fourth-order valence-electron chi connectivity index (χ4n) is 1.97. The minimum Gasteiger partial charge on any atom is -0.464 e. The first-order chi connectivity index (χ1) is 8.56. The smallest absolute Gasteiger partial charge is 0.126 e. The van der Waals surface area contributed by atoms with Gasteiger partial charge < -0.3 is 9.73 Å². The van der Waals surface area contributed by atoms with Crippen LogP contribution in [-0.2, 0) is 0 Å². The molecule has 1 aromatic heterocycles. The number of anilines is 1. The third-order valence-corrected chi connectivity index (χ3v) is 3.15. The molecule has 0 fully saturated rings. The lowest BCUT2D eigenvalue weighted by atomic mass is 10.0. The Bertz CT molecular complexity index is 496. The zero-order valence-corrected chi connectivity index (χ0v) is 11.5. The molecular weight excluding hydrogens is 222 g/mol. The summed E-state index contributed by atoms with van der Waals surface area (Å²) in [7, 11) is 0. The van der Waals surface area contributed by atoms with Gasteiger partial charge in [0.05, 0.1) is 6.04 Å². The molecule has 2 heteroatoms. The van der Waals surface area contributed by atoms with Gasteiger partial charge in [-0.2, -0.15) is 0 Å². The number of hydrogen-bond donors (Lipinski definition) is 1. The molecule has 0 aliphatic rings. The van der Waals surface area contributed by atoms with Crippen LogP contribution in [0, 0.1) is 6.92 Å². The first-order valence-corrected chi connectivity index (χ1v) is 6.49. The Morgan fingerprint density at radius 3 is 2.11 bits per heavy atom. The van der Waals surface area contributed by atoms with Crippen LogP contribution >= 0.6 is 0 Å². The minimum atomic E-state index is 0.184. The summed E-state index contributed by atoms with van der Waals surface area (Å²) in [5.41, 5.74) is 2.49. The average Bonchev–Trinajstić information content (AvgIpc) is 2.76. The van der Waals surface area contributed by atoms with Gasteiger partial charge >= 0.3 is 0 Å². The van der Waals surface area contributed by atoms with Crippen molar-refractivity contribution in [3.05, 3.63) is 53.5 Å². The lowest BCUT2D eigenvalue weighted by Crippen LogP contribution is -2.05. The van der Waals surface area contributed by atoms with Crippen molar-refractivity contribution in [2.45, 2.75) is 39.7 Å². The van der Waals surface area contributed by atoms with Crippen molar-refractivity contribution in [1.82, 2.24) is 0 Å². The highest BCUT2D eigenvalue weighted by molar-refractivity contribution is 5.46. The monoisotopic (exact) mass is 243 g/mol. The maximum Gasteiger partial charge on any atom is 0.126 e. The van der Waals surface area contributed by atoms with E-state index in [-0.39, 0.29) is 6.04 Å². The topological polar surface area (TPSA) is 25.2 Å². The second kappa shape index (κ2) is 5.30. The molecule has 0 radical (unpaired) electrons. The van der Waals surface area contributed by atoms with Crippen LogP contribution in [0.4, 0.5) is 5.69 Å². The quantitative estimate of drug-likeness (QED) is 0.827. The van der Waals surface area contributed by atoms with Crippen molar-refractivity contribution < 1.29 is 4.42 Å². The SMILES string of the molecule is Cc1ccc(C(C)Nc2ccc(C(C)C)cc2)o1. The summed E-state index contributed by atoms with van der Waals surface area (Å²) in [4.78, 5) is 0. The molecule has 1 aromatic carbocycles. The number of rotatable bonds is 4. The first kappa shape index (κ1) is 12.7. The van der Waals surface area contributed by atoms with Crippen LogP contribution in [0.1, 0.15) is 49.8 Å². The van der Waals surface area contributed by atoms with E-state index in [2.05, 4.69) is 50.4 Å². The Morgan fingerprint density at radius 2 is 1.61 bits per heavy atom. The number of hydrogen-bond acceptors (Lipinski definition) is 2. The molecule has 0 aliphatic heterocycles. The van der Waals surface area contributed by atoms with Gasteiger partial charge in [-0.1, -0.05) is 26.0 Å². The molecule has 0 saturated carbocycles. The lowest BCUT2D eigenvalue weighted by Gasteiger charge is -2.14. The molecular formula is C16H21NO. The van der Waals surface area contributed by atoms with Gasteiger partial charge in [-0.25, -0.2) is 0 Å². The van der Waals surface area contributed by atoms with E-state index in [1.165, 1.54) is 5.56 Å². The molecule has 1 heterocycles. The summed E-state index contributed by atoms with van der Waals surface area (Å²) in [6, 6.07) is 12.8. The van der Waals surface area contributed by atoms with Gasteiger partial charge in [-0.15, -0.1) is 0 Å². The van der Waals surface area contributed by atoms with E-state index in [4.69, 9.17) is 4.42 Å². The number of aryl methyl sites for hydroxylation is 1. The van der Waals surface area contributed by atoms with Crippen molar-refractivity contribution in [2.75, 3.05) is 5.32 Å². The third kappa shape index (κ3) is 2.95. The third-order valence-electron chi connectivity index (χ3n) is 3.15. The molecule has 2 aromatic rings. The maximum atomic E-state index is 5.62. The van der Waals surface area contributed by atoms with Crippen LogP contribution in [0.3, 0.4) is 0 Å². The summed E-state index contributed by atoms with van der Waals surface area (Å²) in [6.07, 6.45) is 0. The summed E-state index contributed by atoms with van der Waals surface area (Å²) in [5, 5.41) is 3.44. The number of benzene rings is 1. The zero-order chi connectivity index (χ0) is 13.1. The molecule has 0 aliphatic carbocycles. The predicted octanol–water partition coefficient (Wildman–Crippen LogP) is 4.88. The van der Waals surface area contributed by atoms with Gasteiger partial charge in [0.2, 0.25) is 0 Å². The summed E-state index contributed by atoms with van der Waals surface area (Å²) in [5.74, 6) is 2.50. The van der Waals surface area contributed by atoms with Crippen molar-refractivity contribution >= 4 is 5.69 Å². The Kier molecular flexibility index (Phi) is 3.75. The Morgan fingerprint density at radius 1 is 0.944 bits per heavy atom. The van der Waals surface area contributed by atoms with Crippen LogP contribution in [0.5, 0.6) is 0 Å². The highest BCUT2D eigenvalue weighted by Gasteiger charge is 2.09. The minimum absolute atomic E-state index is 0.184. The highest BCUT2D eigenvalue weighted by Crippen LogP contribution is 2.22. The van der Waals surface area contributed by atoms with Gasteiger partial charge in [-0.3, -0.25) is 0 Å². The number of furan rings is 1. The second-order valence-corrected chi connectivity index (χ2v) is 5.09. The molecule has 1 unspecified atom stereocenters. The standard InChI is InChI=1S/C16H21NO/c1-11(2)14-6-8-15(9-7-14)17-13(4)16-10-5-12(3)18-16/h5-11,13,17H,1-4H3. The van der Waals surface area contributed by atoms with Crippen LogP contribution in [-0.4, -0.2) is 0 Å². The van der Waals surface area contributed by atoms with Gasteiger partial charge in [0.1, 0.15) is 11.5 Å². The van der Waals surface area contributed by atoms with E-state index >= 15 is 0 Å². The summed E-state index contributed by atoms with van der Waals surface area (Å²) < 4.78 is 5.62. The summed E-state index contributed by atoms with van der Waals surface area (Å²) in [6.45, 7) is 8.48. The Labute approximate surface area is 109 Å². The molecule has 0 saturated heterocycles. The van der Waals surface area contributed by atoms with Crippen LogP contribution in [0.15, 0.2) is 40.8 Å². The molecule has 1 N–H and O–H groups in total. The molecule has 0 spiro atoms. The zero-order valence-electron chi connectivity index (χ0n) is 11.5. The van der Waals surface area contributed by atoms with Crippen molar-refractivity contribution in [3.8, 4) is 0 Å². The van der Waals surface area contributed by atoms with Gasteiger partial charge in [0, 0.05) is 5.69 Å². The largest absolute Gasteiger partial charge is 0.464 e. The van der Waals surface area contributed by atoms with E-state index < -0.39 is 0 Å². The predicted molar refractivity (Wildman–Crippen MR) is 76.0 cm³/mol. The maximum absolute atomic E-state index is 5.62. The molecule has 2 rings (SSSR count). The van der Waals surface area contributed by atoms with E-state index in [0.29, 0.717) is 5.92 Å². The van der Waals surface area contributed by atoms with Gasteiger partial charge in [0.25, 0.3) is 0 Å². The van der Waals surface area contributed by atoms with Crippen molar-refractivity contribution in [2.24, 2.45) is 0 Å². The van der Waals surface area contributed by atoms with E-state index in [9.17, 15) is 0 Å². The first-order valence-electron chi connectivity index (χ1n) is 6.49. The van der Waals surface area contributed by atoms with Crippen molar-refractivity contribution in [1.29, 1.82) is 0 Å². The molecule has 0 amide bonds. The second-order valence-electron chi connectivity index (χ2n) is 5.09. The van der Waals surface area contributed by atoms with Crippen LogP contribution in [0.25, 0.3) is 0 Å². The average molecular weight is 243 g/mol. The van der Waals surface area contributed by atoms with Crippen LogP contribution < -0.4 is 5.32 Å². The fourth-order valence-corrected chi connectivity index (χ4v) is 1.97. The van der Waals surface area contributed by atoms with E-state index in [0.717, 1.165) is 17.2 Å². The van der Waals surface area contributed by atoms with Gasteiger partial charge in [0.15, 0.2) is 0 Å². The van der Waals surface area contributed by atoms with Crippen molar-refractivity contribution in [3.63, 3.8) is 0 Å². The van der Waals surface area contributed by atoms with Crippen LogP contribution in [0.2, 0.25) is 0 Å². The van der Waals surface area contributed by atoms with E-state index in [1.54, 1.807) is 0 Å². The summed E-state index contributed by atoms with van der Waals surface area (Å²) >= 11 is 0. The van der Waals surface area contributed by atoms with E-state index in [1.807, 2.05) is 19.1 Å². The lowest BCUT2D eigenvalue weighted by molar-refractivity contribution is 0.467. The fraction of sp³-hybridized carbons (Fsp3) is 0.375. The highest BCUT2D eigenvalue weighted by atomic mass is 16.3. The molecule has 1 atom stereocenters. The number of nitrogens with one attached hydrogen (secondary N) is 1. The van der Waals surface area contributed by atoms with Gasteiger partial charge in [-0.05, 0) is 49.6 Å². The Balaban J connectivity index is 2.05. The normalized spacial score (nSPS) is 12.7. The Hall–Kier alpha value is -1.70. The molecule has 96 valence electrons. The molecule has 18 heavy (non-hydrogen) atoms. The molecule has 0 bridgehead atoms. The molecule has 2 nitrogen and oxygen atoms in total.